The van der Waals surface area contributed by atoms with Gasteiger partial charge in [-0.3, -0.25) is 4.57 Å². The molecule has 0 spiro atoms. The minimum absolute atomic E-state index is 0.944. The van der Waals surface area contributed by atoms with Gasteiger partial charge in [0.1, 0.15) is 5.82 Å². The Hall–Kier alpha value is -6.19. The Morgan fingerprint density at radius 2 is 0.913 bits per heavy atom. The van der Waals surface area contributed by atoms with Crippen LogP contribution in [0.3, 0.4) is 0 Å². The molecule has 0 amide bonds. The van der Waals surface area contributed by atoms with Crippen LogP contribution in [-0.4, -0.2) is 14.1 Å². The first-order valence-electron chi connectivity index (χ1n) is 15.7. The van der Waals surface area contributed by atoms with Gasteiger partial charge in [0, 0.05) is 33.1 Å². The molecule has 0 saturated carbocycles. The van der Waals surface area contributed by atoms with Gasteiger partial charge < -0.3 is 4.57 Å². The quantitative estimate of drug-likeness (QED) is 0.189. The molecule has 10 rings (SSSR count). The Balaban J connectivity index is 1.41. The highest BCUT2D eigenvalue weighted by atomic mass is 15.1. The second-order valence-electron chi connectivity index (χ2n) is 12.0. The van der Waals surface area contributed by atoms with E-state index in [1.54, 1.807) is 0 Å². The fourth-order valence-corrected chi connectivity index (χ4v) is 7.54. The Bertz CT molecular complexity index is 2770. The summed E-state index contributed by atoms with van der Waals surface area (Å²) in [5, 5.41) is 10.1. The van der Waals surface area contributed by atoms with E-state index >= 15 is 0 Å². The molecule has 0 fully saturated rings. The molecule has 0 saturated heterocycles. The smallest absolute Gasteiger partial charge is 0.145 e. The minimum atomic E-state index is 0.944. The van der Waals surface area contributed by atoms with E-state index in [1.807, 2.05) is 0 Å². The Morgan fingerprint density at radius 3 is 1.65 bits per heavy atom. The number of aromatic nitrogens is 3. The van der Waals surface area contributed by atoms with Gasteiger partial charge in [-0.2, -0.15) is 0 Å². The van der Waals surface area contributed by atoms with Crippen LogP contribution >= 0.6 is 0 Å². The van der Waals surface area contributed by atoms with Crippen LogP contribution in [0.4, 0.5) is 0 Å². The lowest BCUT2D eigenvalue weighted by atomic mass is 9.91. The summed E-state index contributed by atoms with van der Waals surface area (Å²) in [7, 11) is 0. The van der Waals surface area contributed by atoms with Gasteiger partial charge in [-0.05, 0) is 75.5 Å². The van der Waals surface area contributed by atoms with Crippen molar-refractivity contribution in [1.29, 1.82) is 0 Å². The van der Waals surface area contributed by atoms with Crippen LogP contribution in [-0.2, 0) is 0 Å². The van der Waals surface area contributed by atoms with Gasteiger partial charge in [0.25, 0.3) is 0 Å². The normalized spacial score (nSPS) is 11.9. The molecule has 3 heteroatoms. The second kappa shape index (κ2) is 9.65. The maximum absolute atomic E-state index is 5.28. The number of rotatable bonds is 3. The van der Waals surface area contributed by atoms with Crippen molar-refractivity contribution in [3.63, 3.8) is 0 Å². The van der Waals surface area contributed by atoms with E-state index in [9.17, 15) is 0 Å². The van der Waals surface area contributed by atoms with Crippen molar-refractivity contribution < 1.29 is 0 Å². The van der Waals surface area contributed by atoms with Crippen molar-refractivity contribution >= 4 is 65.2 Å². The fourth-order valence-electron chi connectivity index (χ4n) is 7.54. The third kappa shape index (κ3) is 3.51. The average Bonchev–Trinajstić information content (AvgIpc) is 3.68. The first kappa shape index (κ1) is 25.2. The van der Waals surface area contributed by atoms with Crippen LogP contribution in [0.1, 0.15) is 0 Å². The van der Waals surface area contributed by atoms with E-state index in [2.05, 4.69) is 173 Å². The van der Waals surface area contributed by atoms with Gasteiger partial charge in [0.2, 0.25) is 0 Å². The molecule has 10 aromatic rings. The van der Waals surface area contributed by atoms with E-state index in [-0.39, 0.29) is 0 Å². The van der Waals surface area contributed by atoms with Crippen molar-refractivity contribution in [3.05, 3.63) is 164 Å². The Labute approximate surface area is 265 Å². The summed E-state index contributed by atoms with van der Waals surface area (Å²) in [6.07, 6.45) is 0. The van der Waals surface area contributed by atoms with Crippen molar-refractivity contribution in [1.82, 2.24) is 14.1 Å². The van der Waals surface area contributed by atoms with Gasteiger partial charge in [-0.15, -0.1) is 0 Å². The van der Waals surface area contributed by atoms with Crippen LogP contribution in [0.25, 0.3) is 87.9 Å². The molecule has 3 nitrogen and oxygen atoms in total. The predicted octanol–water partition coefficient (Wildman–Crippen LogP) is 11.2. The summed E-state index contributed by atoms with van der Waals surface area (Å²) in [5.74, 6) is 0.944. The van der Waals surface area contributed by atoms with E-state index in [0.717, 1.165) is 28.1 Å². The second-order valence-corrected chi connectivity index (χ2v) is 12.0. The number of nitrogens with zero attached hydrogens (tertiary/aromatic N) is 3. The lowest BCUT2D eigenvalue weighted by Gasteiger charge is -2.14. The molecule has 2 heterocycles. The van der Waals surface area contributed by atoms with Crippen molar-refractivity contribution in [2.24, 2.45) is 0 Å². The average molecular weight is 586 g/mol. The Morgan fingerprint density at radius 1 is 0.348 bits per heavy atom. The summed E-state index contributed by atoms with van der Waals surface area (Å²) >= 11 is 0. The monoisotopic (exact) mass is 585 g/mol. The molecule has 0 radical (unpaired) electrons. The molecule has 0 aliphatic rings. The summed E-state index contributed by atoms with van der Waals surface area (Å²) in [5.41, 5.74) is 7.87. The first-order valence-corrected chi connectivity index (χ1v) is 15.7. The zero-order chi connectivity index (χ0) is 30.2. The molecule has 214 valence electrons. The molecule has 8 aromatic carbocycles. The minimum Gasteiger partial charge on any atom is -0.309 e. The van der Waals surface area contributed by atoms with Crippen LogP contribution in [0.5, 0.6) is 0 Å². The largest absolute Gasteiger partial charge is 0.309 e. The number of benzene rings is 8. The van der Waals surface area contributed by atoms with E-state index in [0.29, 0.717) is 0 Å². The molecule has 0 aliphatic heterocycles. The maximum Gasteiger partial charge on any atom is 0.145 e. The number of hydrogen-bond acceptors (Lipinski definition) is 1. The van der Waals surface area contributed by atoms with Crippen molar-refractivity contribution in [2.45, 2.75) is 0 Å². The van der Waals surface area contributed by atoms with Gasteiger partial charge in [0.15, 0.2) is 0 Å². The summed E-state index contributed by atoms with van der Waals surface area (Å²) in [4.78, 5) is 5.28. The fraction of sp³-hybridized carbons (Fsp3) is 0. The lowest BCUT2D eigenvalue weighted by molar-refractivity contribution is 1.10. The molecule has 0 N–H and O–H groups in total. The number of hydrogen-bond donors (Lipinski definition) is 0. The van der Waals surface area contributed by atoms with Gasteiger partial charge in [-0.1, -0.05) is 115 Å². The molecular formula is C43H27N3. The summed E-state index contributed by atoms with van der Waals surface area (Å²) in [6, 6.07) is 58.8. The highest BCUT2D eigenvalue weighted by Crippen LogP contribution is 2.44. The zero-order valence-electron chi connectivity index (χ0n) is 24.9. The molecule has 0 aliphatic carbocycles. The van der Waals surface area contributed by atoms with E-state index < -0.39 is 0 Å². The third-order valence-corrected chi connectivity index (χ3v) is 9.47. The third-order valence-electron chi connectivity index (χ3n) is 9.47. The molecule has 0 atom stereocenters. The van der Waals surface area contributed by atoms with Crippen molar-refractivity contribution in [3.8, 4) is 22.8 Å². The lowest BCUT2D eigenvalue weighted by Crippen LogP contribution is -1.97. The van der Waals surface area contributed by atoms with Crippen LogP contribution in [0, 0.1) is 0 Å². The molecule has 0 unspecified atom stereocenters. The molecular weight excluding hydrogens is 558 g/mol. The standard InChI is InChI=1S/C43H27N3/c1-4-14-28(15-5-1)43-44-37-26-35-31-20-10-11-21-32(31)41-33(36(35)27-40(37)46(43)30-18-8-3-9-19-30)24-25-39-42(41)34-22-12-13-23-38(34)45(39)29-16-6-2-7-17-29/h1-27H. The topological polar surface area (TPSA) is 22.8 Å². The van der Waals surface area contributed by atoms with Crippen LogP contribution < -0.4 is 0 Å². The van der Waals surface area contributed by atoms with Crippen LogP contribution in [0.2, 0.25) is 0 Å². The van der Waals surface area contributed by atoms with Crippen LogP contribution in [0.15, 0.2) is 164 Å². The number of imidazole rings is 1. The summed E-state index contributed by atoms with van der Waals surface area (Å²) < 4.78 is 4.72. The number of para-hydroxylation sites is 3. The highest BCUT2D eigenvalue weighted by molar-refractivity contribution is 6.36. The molecule has 0 bridgehead atoms. The number of fused-ring (bicyclic) bond motifs is 11. The van der Waals surface area contributed by atoms with E-state index in [4.69, 9.17) is 4.98 Å². The van der Waals surface area contributed by atoms with Gasteiger partial charge in [-0.25, -0.2) is 4.98 Å². The summed E-state index contributed by atoms with van der Waals surface area (Å²) in [6.45, 7) is 0. The van der Waals surface area contributed by atoms with E-state index in [1.165, 1.54) is 59.8 Å². The predicted molar refractivity (Wildman–Crippen MR) is 193 cm³/mol. The van der Waals surface area contributed by atoms with Crippen molar-refractivity contribution in [2.75, 3.05) is 0 Å². The highest BCUT2D eigenvalue weighted by Gasteiger charge is 2.21. The first-order chi connectivity index (χ1) is 22.8. The van der Waals surface area contributed by atoms with Gasteiger partial charge in [0.05, 0.1) is 22.1 Å². The maximum atomic E-state index is 5.28. The Kier molecular flexibility index (Phi) is 5.28. The van der Waals surface area contributed by atoms with Gasteiger partial charge >= 0.3 is 0 Å². The molecule has 46 heavy (non-hydrogen) atoms. The zero-order valence-corrected chi connectivity index (χ0v) is 24.9. The molecule has 2 aromatic heterocycles. The SMILES string of the molecule is c1ccc(-c2nc3cc4c5ccccc5c5c(ccc6c5c5ccccc5n6-c5ccccc5)c4cc3n2-c2ccccc2)cc1.